The summed E-state index contributed by atoms with van der Waals surface area (Å²) in [6.45, 7) is 5.92. The Morgan fingerprint density at radius 3 is 2.42 bits per heavy atom. The van der Waals surface area contributed by atoms with Crippen molar-refractivity contribution in [1.29, 1.82) is 0 Å². The number of carbonyl (C=O) groups is 1. The van der Waals surface area contributed by atoms with Crippen LogP contribution in [0, 0.1) is 17.0 Å². The van der Waals surface area contributed by atoms with E-state index in [1.165, 1.54) is 11.6 Å². The van der Waals surface area contributed by atoms with Gasteiger partial charge in [-0.05, 0) is 36.5 Å². The number of hydrogen-bond donors (Lipinski definition) is 1. The van der Waals surface area contributed by atoms with Gasteiger partial charge < -0.3 is 5.32 Å². The van der Waals surface area contributed by atoms with E-state index in [4.69, 9.17) is 0 Å². The third kappa shape index (κ3) is 4.41. The summed E-state index contributed by atoms with van der Waals surface area (Å²) in [4.78, 5) is 22.6. The molecule has 2 aromatic rings. The lowest BCUT2D eigenvalue weighted by molar-refractivity contribution is -0.385. The summed E-state index contributed by atoms with van der Waals surface area (Å²) >= 11 is 0. The number of carbonyl (C=O) groups excluding carboxylic acids is 1. The zero-order valence-corrected chi connectivity index (χ0v) is 14.2. The van der Waals surface area contributed by atoms with E-state index in [9.17, 15) is 14.9 Å². The first kappa shape index (κ1) is 17.7. The normalized spacial score (nSPS) is 10.7. The van der Waals surface area contributed by atoms with Crippen molar-refractivity contribution in [2.24, 2.45) is 0 Å². The van der Waals surface area contributed by atoms with Gasteiger partial charge in [-0.1, -0.05) is 44.2 Å². The van der Waals surface area contributed by atoms with Crippen LogP contribution in [0.1, 0.15) is 42.9 Å². The SMILES string of the molecule is Cc1c(NC(=O)CCc2ccc(C(C)C)cc2)cccc1[N+](=O)[O-]. The van der Waals surface area contributed by atoms with Gasteiger partial charge in [0.25, 0.3) is 5.69 Å². The van der Waals surface area contributed by atoms with Crippen LogP contribution in [0.15, 0.2) is 42.5 Å². The maximum absolute atomic E-state index is 12.1. The number of nitro benzene ring substituents is 1. The van der Waals surface area contributed by atoms with Crippen LogP contribution in [0.25, 0.3) is 0 Å². The van der Waals surface area contributed by atoms with Gasteiger partial charge in [-0.3, -0.25) is 14.9 Å². The number of aryl methyl sites for hydroxylation is 1. The van der Waals surface area contributed by atoms with Crippen LogP contribution in [0.4, 0.5) is 11.4 Å². The highest BCUT2D eigenvalue weighted by Crippen LogP contribution is 2.25. The maximum atomic E-state index is 12.1. The molecule has 1 amide bonds. The van der Waals surface area contributed by atoms with Crippen molar-refractivity contribution in [2.75, 3.05) is 5.32 Å². The Balaban J connectivity index is 1.96. The van der Waals surface area contributed by atoms with Crippen LogP contribution in [-0.2, 0) is 11.2 Å². The molecule has 0 saturated heterocycles. The molecule has 0 aromatic heterocycles. The molecule has 0 heterocycles. The predicted octanol–water partition coefficient (Wildman–Crippen LogP) is 4.60. The first-order chi connectivity index (χ1) is 11.4. The van der Waals surface area contributed by atoms with E-state index in [-0.39, 0.29) is 11.6 Å². The van der Waals surface area contributed by atoms with Crippen molar-refractivity contribution in [3.63, 3.8) is 0 Å². The van der Waals surface area contributed by atoms with Crippen molar-refractivity contribution in [2.45, 2.75) is 39.5 Å². The summed E-state index contributed by atoms with van der Waals surface area (Å²) in [6.07, 6.45) is 0.974. The molecule has 0 unspecified atom stereocenters. The van der Waals surface area contributed by atoms with Gasteiger partial charge in [-0.2, -0.15) is 0 Å². The van der Waals surface area contributed by atoms with Gasteiger partial charge in [-0.15, -0.1) is 0 Å². The van der Waals surface area contributed by atoms with Gasteiger partial charge in [-0.25, -0.2) is 0 Å². The summed E-state index contributed by atoms with van der Waals surface area (Å²) in [7, 11) is 0. The molecule has 24 heavy (non-hydrogen) atoms. The minimum Gasteiger partial charge on any atom is -0.326 e. The number of benzene rings is 2. The number of hydrogen-bond acceptors (Lipinski definition) is 3. The largest absolute Gasteiger partial charge is 0.326 e. The zero-order chi connectivity index (χ0) is 17.7. The number of nitrogens with one attached hydrogen (secondary N) is 1. The quantitative estimate of drug-likeness (QED) is 0.623. The van der Waals surface area contributed by atoms with Gasteiger partial charge in [0, 0.05) is 12.5 Å². The second kappa shape index (κ2) is 7.73. The molecule has 0 atom stereocenters. The van der Waals surface area contributed by atoms with Crippen molar-refractivity contribution < 1.29 is 9.72 Å². The predicted molar refractivity (Wildman–Crippen MR) is 95.3 cm³/mol. The van der Waals surface area contributed by atoms with E-state index in [2.05, 4.69) is 31.3 Å². The molecule has 126 valence electrons. The van der Waals surface area contributed by atoms with E-state index in [0.717, 1.165) is 5.56 Å². The lowest BCUT2D eigenvalue weighted by Crippen LogP contribution is -2.13. The average molecular weight is 326 g/mol. The highest BCUT2D eigenvalue weighted by atomic mass is 16.6. The highest BCUT2D eigenvalue weighted by Gasteiger charge is 2.14. The third-order valence-electron chi connectivity index (χ3n) is 4.06. The molecule has 0 spiro atoms. The molecule has 5 heteroatoms. The number of nitro groups is 1. The Morgan fingerprint density at radius 1 is 1.17 bits per heavy atom. The molecule has 0 aliphatic carbocycles. The number of amides is 1. The molecule has 2 rings (SSSR count). The molecule has 0 radical (unpaired) electrons. The fourth-order valence-electron chi connectivity index (χ4n) is 2.50. The van der Waals surface area contributed by atoms with Gasteiger partial charge in [0.1, 0.15) is 0 Å². The lowest BCUT2D eigenvalue weighted by Gasteiger charge is -2.09. The Labute approximate surface area is 141 Å². The average Bonchev–Trinajstić information content (AvgIpc) is 2.55. The zero-order valence-electron chi connectivity index (χ0n) is 14.2. The Morgan fingerprint density at radius 2 is 1.83 bits per heavy atom. The Hall–Kier alpha value is -2.69. The van der Waals surface area contributed by atoms with Crippen molar-refractivity contribution in [3.05, 3.63) is 69.3 Å². The van der Waals surface area contributed by atoms with E-state index in [1.807, 2.05) is 12.1 Å². The number of anilines is 1. The number of rotatable bonds is 6. The van der Waals surface area contributed by atoms with E-state index >= 15 is 0 Å². The lowest BCUT2D eigenvalue weighted by atomic mass is 10.0. The Bertz CT molecular complexity index is 737. The van der Waals surface area contributed by atoms with Gasteiger partial charge in [0.15, 0.2) is 0 Å². The minimum absolute atomic E-state index is 0.0112. The first-order valence-corrected chi connectivity index (χ1v) is 8.01. The third-order valence-corrected chi connectivity index (χ3v) is 4.06. The molecule has 2 aromatic carbocycles. The minimum atomic E-state index is -0.443. The molecule has 0 aliphatic rings. The van der Waals surface area contributed by atoms with Crippen molar-refractivity contribution in [3.8, 4) is 0 Å². The summed E-state index contributed by atoms with van der Waals surface area (Å²) in [5.74, 6) is 0.339. The standard InChI is InChI=1S/C19H22N2O3/c1-13(2)16-10-7-15(8-11-16)9-12-19(22)20-17-5-4-6-18(14(17)3)21(23)24/h4-8,10-11,13H,9,12H2,1-3H3,(H,20,22). The molecule has 0 fully saturated rings. The fraction of sp³-hybridized carbons (Fsp3) is 0.316. The van der Waals surface area contributed by atoms with Crippen LogP contribution >= 0.6 is 0 Å². The molecule has 0 aliphatic heterocycles. The Kier molecular flexibility index (Phi) is 5.68. The summed E-state index contributed by atoms with van der Waals surface area (Å²) in [5, 5.41) is 13.7. The van der Waals surface area contributed by atoms with Crippen LogP contribution in [0.5, 0.6) is 0 Å². The molecular weight excluding hydrogens is 304 g/mol. The van der Waals surface area contributed by atoms with Crippen LogP contribution in [0.2, 0.25) is 0 Å². The smallest absolute Gasteiger partial charge is 0.274 e. The van der Waals surface area contributed by atoms with Gasteiger partial charge in [0.2, 0.25) is 5.91 Å². The highest BCUT2D eigenvalue weighted by molar-refractivity contribution is 5.92. The van der Waals surface area contributed by atoms with Crippen LogP contribution in [-0.4, -0.2) is 10.8 Å². The van der Waals surface area contributed by atoms with E-state index in [0.29, 0.717) is 30.0 Å². The van der Waals surface area contributed by atoms with Gasteiger partial charge >= 0.3 is 0 Å². The molecular formula is C19H22N2O3. The molecule has 1 N–H and O–H groups in total. The molecule has 0 saturated carbocycles. The van der Waals surface area contributed by atoms with E-state index in [1.54, 1.807) is 19.1 Å². The molecule has 0 bridgehead atoms. The summed E-state index contributed by atoms with van der Waals surface area (Å²) < 4.78 is 0. The topological polar surface area (TPSA) is 72.2 Å². The fourth-order valence-corrected chi connectivity index (χ4v) is 2.50. The van der Waals surface area contributed by atoms with E-state index < -0.39 is 4.92 Å². The summed E-state index contributed by atoms with van der Waals surface area (Å²) in [6, 6.07) is 12.9. The monoisotopic (exact) mass is 326 g/mol. The van der Waals surface area contributed by atoms with Crippen LogP contribution < -0.4 is 5.32 Å². The maximum Gasteiger partial charge on any atom is 0.274 e. The second-order valence-corrected chi connectivity index (χ2v) is 6.15. The van der Waals surface area contributed by atoms with Crippen LogP contribution in [0.3, 0.4) is 0 Å². The first-order valence-electron chi connectivity index (χ1n) is 8.01. The second-order valence-electron chi connectivity index (χ2n) is 6.15. The van der Waals surface area contributed by atoms with Gasteiger partial charge in [0.05, 0.1) is 16.2 Å². The summed E-state index contributed by atoms with van der Waals surface area (Å²) in [5.41, 5.74) is 3.35. The number of nitrogens with zero attached hydrogens (tertiary/aromatic N) is 1. The van der Waals surface area contributed by atoms with Crippen molar-refractivity contribution in [1.82, 2.24) is 0 Å². The molecule has 5 nitrogen and oxygen atoms in total. The van der Waals surface area contributed by atoms with Crippen molar-refractivity contribution >= 4 is 17.3 Å².